The molecule has 1 saturated carbocycles. The Morgan fingerprint density at radius 1 is 1.19 bits per heavy atom. The third-order valence-corrected chi connectivity index (χ3v) is 8.76. The van der Waals surface area contributed by atoms with Crippen LogP contribution in [-0.2, 0) is 9.53 Å². The van der Waals surface area contributed by atoms with Gasteiger partial charge in [0.05, 0.1) is 0 Å². The van der Waals surface area contributed by atoms with Gasteiger partial charge in [0, 0.05) is 0 Å². The molecule has 1 saturated heterocycles. The third-order valence-electron chi connectivity index (χ3n) is 5.68. The van der Waals surface area contributed by atoms with Crippen molar-refractivity contribution in [1.82, 2.24) is 4.90 Å². The van der Waals surface area contributed by atoms with Gasteiger partial charge in [-0.25, -0.2) is 0 Å². The van der Waals surface area contributed by atoms with Crippen molar-refractivity contribution in [3.05, 3.63) is 30.3 Å². The zero-order valence-electron chi connectivity index (χ0n) is 16.2. The molecule has 3 rings (SSSR count). The number of Topliss-reactive ketones (excluding diaryl/α,β-unsaturated/α-hetero) is 1. The summed E-state index contributed by atoms with van der Waals surface area (Å²) in [6.45, 7) is 9.32. The van der Waals surface area contributed by atoms with Gasteiger partial charge in [0.25, 0.3) is 0 Å². The average molecular weight is 422 g/mol. The summed E-state index contributed by atoms with van der Waals surface area (Å²) in [5.41, 5.74) is -0.400. The standard InChI is InChI=1S/C21H29NO3Se/c1-15-18(26-16-8-6-5-7-9-16)17(23)14-21(15)10-12-22(13-11-21)19(24)25-20(2,3)4/h5-9,15,18H,10-14H2,1-4H3. The number of hydrogen-bond donors (Lipinski definition) is 0. The summed E-state index contributed by atoms with van der Waals surface area (Å²) < 4.78 is 6.80. The van der Waals surface area contributed by atoms with E-state index in [-0.39, 0.29) is 31.3 Å². The van der Waals surface area contributed by atoms with Gasteiger partial charge in [-0.3, -0.25) is 0 Å². The molecule has 1 aromatic carbocycles. The molecule has 0 N–H and O–H groups in total. The fourth-order valence-corrected chi connectivity index (χ4v) is 6.87. The van der Waals surface area contributed by atoms with E-state index in [1.807, 2.05) is 31.7 Å². The van der Waals surface area contributed by atoms with Crippen LogP contribution in [0.4, 0.5) is 4.79 Å². The number of ketones is 1. The van der Waals surface area contributed by atoms with Crippen molar-refractivity contribution in [2.75, 3.05) is 13.1 Å². The predicted octanol–water partition coefficient (Wildman–Crippen LogP) is 3.43. The van der Waals surface area contributed by atoms with Gasteiger partial charge in [0.1, 0.15) is 0 Å². The summed E-state index contributed by atoms with van der Waals surface area (Å²) in [4.78, 5) is 27.1. The fraction of sp³-hybridized carbons (Fsp3) is 0.619. The Kier molecular flexibility index (Phi) is 5.50. The molecule has 5 heteroatoms. The van der Waals surface area contributed by atoms with E-state index in [2.05, 4.69) is 31.2 Å². The van der Waals surface area contributed by atoms with E-state index in [0.717, 1.165) is 12.8 Å². The molecule has 26 heavy (non-hydrogen) atoms. The van der Waals surface area contributed by atoms with E-state index in [4.69, 9.17) is 4.74 Å². The molecule has 0 aromatic heterocycles. The summed E-state index contributed by atoms with van der Waals surface area (Å²) in [6, 6.07) is 10.4. The van der Waals surface area contributed by atoms with E-state index < -0.39 is 5.60 Å². The molecule has 2 unspecified atom stereocenters. The van der Waals surface area contributed by atoms with E-state index >= 15 is 0 Å². The first-order valence-electron chi connectivity index (χ1n) is 9.43. The molecule has 1 spiro atoms. The van der Waals surface area contributed by atoms with Crippen molar-refractivity contribution in [3.8, 4) is 0 Å². The molecule has 0 radical (unpaired) electrons. The fourth-order valence-electron chi connectivity index (χ4n) is 4.12. The maximum absolute atomic E-state index is 12.8. The molecule has 1 aliphatic carbocycles. The first-order valence-corrected chi connectivity index (χ1v) is 11.3. The molecule has 2 fully saturated rings. The summed E-state index contributed by atoms with van der Waals surface area (Å²) in [7, 11) is 0. The van der Waals surface area contributed by atoms with Gasteiger partial charge in [-0.1, -0.05) is 0 Å². The van der Waals surface area contributed by atoms with Crippen molar-refractivity contribution in [3.63, 3.8) is 0 Å². The number of carbonyl (C=O) groups excluding carboxylic acids is 2. The number of rotatable bonds is 2. The molecule has 4 nitrogen and oxygen atoms in total. The third kappa shape index (κ3) is 4.15. The normalized spacial score (nSPS) is 25.5. The van der Waals surface area contributed by atoms with Gasteiger partial charge in [-0.2, -0.15) is 0 Å². The molecule has 2 aliphatic rings. The van der Waals surface area contributed by atoms with Crippen LogP contribution in [0.5, 0.6) is 0 Å². The second-order valence-corrected chi connectivity index (χ2v) is 11.2. The van der Waals surface area contributed by atoms with Crippen LogP contribution in [0.3, 0.4) is 0 Å². The number of hydrogen-bond acceptors (Lipinski definition) is 3. The summed E-state index contributed by atoms with van der Waals surface area (Å²) in [6.07, 6.45) is 2.26. The zero-order chi connectivity index (χ0) is 18.9. The number of ether oxygens (including phenoxy) is 1. The Hall–Kier alpha value is -1.32. The number of nitrogens with zero attached hydrogens (tertiary/aromatic N) is 1. The molecule has 1 aliphatic heterocycles. The molecule has 1 aromatic rings. The van der Waals surface area contributed by atoms with Gasteiger partial charge >= 0.3 is 163 Å². The van der Waals surface area contributed by atoms with Crippen LogP contribution in [0, 0.1) is 11.3 Å². The van der Waals surface area contributed by atoms with E-state index in [0.29, 0.717) is 31.2 Å². The molecule has 0 bridgehead atoms. The van der Waals surface area contributed by atoms with Crippen LogP contribution >= 0.6 is 0 Å². The quantitative estimate of drug-likeness (QED) is 0.686. The second-order valence-electron chi connectivity index (χ2n) is 8.61. The van der Waals surface area contributed by atoms with Crippen LogP contribution in [0.2, 0.25) is 4.82 Å². The number of carbonyl (C=O) groups is 2. The first-order chi connectivity index (χ1) is 12.2. The van der Waals surface area contributed by atoms with Crippen molar-refractivity contribution >= 4 is 31.3 Å². The topological polar surface area (TPSA) is 46.6 Å². The van der Waals surface area contributed by atoms with Gasteiger partial charge in [0.2, 0.25) is 0 Å². The van der Waals surface area contributed by atoms with E-state index in [1.54, 1.807) is 0 Å². The Bertz CT molecular complexity index is 660. The second kappa shape index (κ2) is 7.36. The minimum absolute atomic E-state index is 0.0663. The van der Waals surface area contributed by atoms with Crippen molar-refractivity contribution < 1.29 is 14.3 Å². The molecular weight excluding hydrogens is 393 g/mol. The van der Waals surface area contributed by atoms with Crippen LogP contribution in [0.1, 0.15) is 47.0 Å². The van der Waals surface area contributed by atoms with Gasteiger partial charge in [-0.05, 0) is 0 Å². The number of benzene rings is 1. The Balaban J connectivity index is 1.63. The molecule has 2 atom stereocenters. The van der Waals surface area contributed by atoms with E-state index in [9.17, 15) is 9.59 Å². The van der Waals surface area contributed by atoms with Gasteiger partial charge in [-0.15, -0.1) is 0 Å². The summed E-state index contributed by atoms with van der Waals surface area (Å²) in [5, 5.41) is 0. The molecule has 1 amide bonds. The van der Waals surface area contributed by atoms with E-state index in [1.165, 1.54) is 4.46 Å². The Morgan fingerprint density at radius 3 is 2.38 bits per heavy atom. The van der Waals surface area contributed by atoms with Crippen molar-refractivity contribution in [2.45, 2.75) is 57.4 Å². The molecule has 142 valence electrons. The average Bonchev–Trinajstić information content (AvgIpc) is 2.79. The Labute approximate surface area is 162 Å². The van der Waals surface area contributed by atoms with Crippen molar-refractivity contribution in [2.24, 2.45) is 11.3 Å². The number of likely N-dealkylation sites (tertiary alicyclic amines) is 1. The predicted molar refractivity (Wildman–Crippen MR) is 104 cm³/mol. The van der Waals surface area contributed by atoms with Gasteiger partial charge < -0.3 is 0 Å². The maximum atomic E-state index is 12.8. The summed E-state index contributed by atoms with van der Waals surface area (Å²) in [5.74, 6) is 0.808. The van der Waals surface area contributed by atoms with Crippen LogP contribution in [-0.4, -0.2) is 50.4 Å². The van der Waals surface area contributed by atoms with Gasteiger partial charge in [0.15, 0.2) is 0 Å². The number of piperidine rings is 1. The monoisotopic (exact) mass is 423 g/mol. The van der Waals surface area contributed by atoms with Crippen LogP contribution in [0.15, 0.2) is 30.3 Å². The van der Waals surface area contributed by atoms with Crippen LogP contribution in [0.25, 0.3) is 0 Å². The molecular formula is C21H29NO3Se. The SMILES string of the molecule is CC1C([Se]c2ccccc2)C(=O)CC12CCN(C(=O)OC(C)(C)C)CC2. The summed E-state index contributed by atoms with van der Waals surface area (Å²) >= 11 is 0.184. The van der Waals surface area contributed by atoms with Crippen molar-refractivity contribution in [1.29, 1.82) is 0 Å². The Morgan fingerprint density at radius 2 is 1.81 bits per heavy atom. The van der Waals surface area contributed by atoms with Crippen LogP contribution < -0.4 is 4.46 Å². The molecule has 1 heterocycles. The number of amides is 1. The first kappa shape index (κ1) is 19.4. The zero-order valence-corrected chi connectivity index (χ0v) is 17.9. The minimum atomic E-state index is -0.466.